The second-order valence-electron chi connectivity index (χ2n) is 3.49. The van der Waals surface area contributed by atoms with Gasteiger partial charge in [0.2, 0.25) is 0 Å². The van der Waals surface area contributed by atoms with Gasteiger partial charge < -0.3 is 5.32 Å². The first-order valence-corrected chi connectivity index (χ1v) is 6.39. The molecule has 15 heavy (non-hydrogen) atoms. The van der Waals surface area contributed by atoms with Crippen LogP contribution in [-0.2, 0) is 0 Å². The van der Waals surface area contributed by atoms with E-state index in [9.17, 15) is 0 Å². The van der Waals surface area contributed by atoms with Gasteiger partial charge in [-0.25, -0.2) is 0 Å². The molecule has 1 aromatic heterocycles. The summed E-state index contributed by atoms with van der Waals surface area (Å²) in [7, 11) is 0. The Morgan fingerprint density at radius 3 is 2.80 bits per heavy atom. The quantitative estimate of drug-likeness (QED) is 0.910. The number of nitrogens with one attached hydrogen (secondary N) is 1. The number of hydrogen-bond donors (Lipinski definition) is 1. The van der Waals surface area contributed by atoms with Gasteiger partial charge in [-0.3, -0.25) is 4.98 Å². The molecule has 0 fully saturated rings. The topological polar surface area (TPSA) is 24.9 Å². The minimum atomic E-state index is 0.510. The first kappa shape index (κ1) is 12.9. The maximum absolute atomic E-state index is 4.29. The highest BCUT2D eigenvalue weighted by molar-refractivity contribution is 9.11. The summed E-state index contributed by atoms with van der Waals surface area (Å²) in [5.74, 6) is 0. The third-order valence-electron chi connectivity index (χ3n) is 1.76. The third-order valence-corrected chi connectivity index (χ3v) is 2.82. The van der Waals surface area contributed by atoms with Crippen LogP contribution in [-0.4, -0.2) is 17.6 Å². The van der Waals surface area contributed by atoms with Crippen molar-refractivity contribution in [3.63, 3.8) is 0 Å². The summed E-state index contributed by atoms with van der Waals surface area (Å²) in [5, 5.41) is 3.31. The Balaban J connectivity index is 2.57. The molecule has 0 aliphatic rings. The minimum absolute atomic E-state index is 0.510. The second kappa shape index (κ2) is 6.40. The Hall–Kier alpha value is -0.190. The zero-order valence-electron chi connectivity index (χ0n) is 8.80. The molecule has 1 rings (SSSR count). The zero-order valence-corrected chi connectivity index (χ0v) is 12.0. The molecule has 0 aromatic carbocycles. The van der Waals surface area contributed by atoms with Crippen molar-refractivity contribution in [2.24, 2.45) is 0 Å². The first-order chi connectivity index (χ1) is 7.09. The Kier molecular flexibility index (Phi) is 5.50. The molecule has 0 amide bonds. The van der Waals surface area contributed by atoms with Crippen molar-refractivity contribution >= 4 is 37.9 Å². The summed E-state index contributed by atoms with van der Waals surface area (Å²) < 4.78 is 1.98. The second-order valence-corrected chi connectivity index (χ2v) is 5.26. The van der Waals surface area contributed by atoms with E-state index in [-0.39, 0.29) is 0 Å². The maximum atomic E-state index is 4.29. The number of aromatic nitrogens is 1. The van der Waals surface area contributed by atoms with Crippen molar-refractivity contribution in [3.8, 4) is 0 Å². The van der Waals surface area contributed by atoms with Gasteiger partial charge in [0.05, 0.1) is 5.69 Å². The largest absolute Gasteiger partial charge is 0.311 e. The number of halogens is 2. The molecule has 82 valence electrons. The van der Waals surface area contributed by atoms with Crippen LogP contribution in [0.1, 0.15) is 19.5 Å². The summed E-state index contributed by atoms with van der Waals surface area (Å²) in [5.41, 5.74) is 0.948. The van der Waals surface area contributed by atoms with E-state index in [4.69, 9.17) is 0 Å². The van der Waals surface area contributed by atoms with Crippen LogP contribution in [0.2, 0.25) is 0 Å². The molecule has 2 nitrogen and oxygen atoms in total. The van der Waals surface area contributed by atoms with Crippen molar-refractivity contribution < 1.29 is 0 Å². The van der Waals surface area contributed by atoms with Gasteiger partial charge in [0, 0.05) is 27.7 Å². The van der Waals surface area contributed by atoms with Crippen LogP contribution in [0.4, 0.5) is 0 Å². The van der Waals surface area contributed by atoms with Crippen LogP contribution in [0, 0.1) is 0 Å². The van der Waals surface area contributed by atoms with E-state index < -0.39 is 0 Å². The maximum Gasteiger partial charge on any atom is 0.0769 e. The Morgan fingerprint density at radius 1 is 1.47 bits per heavy atom. The van der Waals surface area contributed by atoms with Crippen LogP contribution in [0.3, 0.4) is 0 Å². The molecule has 0 aliphatic carbocycles. The predicted octanol–water partition coefficient (Wildman–Crippen LogP) is 3.62. The molecule has 0 saturated carbocycles. The lowest BCUT2D eigenvalue weighted by Gasteiger charge is -2.03. The van der Waals surface area contributed by atoms with Crippen LogP contribution in [0.25, 0.3) is 6.08 Å². The van der Waals surface area contributed by atoms with E-state index in [0.29, 0.717) is 6.04 Å². The average molecular weight is 334 g/mol. The van der Waals surface area contributed by atoms with Gasteiger partial charge in [-0.05, 0) is 44.0 Å². The smallest absolute Gasteiger partial charge is 0.0769 e. The van der Waals surface area contributed by atoms with Crippen LogP contribution in [0.15, 0.2) is 27.3 Å². The van der Waals surface area contributed by atoms with Crippen molar-refractivity contribution in [3.05, 3.63) is 33.0 Å². The molecule has 0 aliphatic heterocycles. The van der Waals surface area contributed by atoms with Gasteiger partial charge in [-0.1, -0.05) is 19.9 Å². The fourth-order valence-electron chi connectivity index (χ4n) is 1.02. The molecule has 4 heteroatoms. The SMILES string of the molecule is CC(C)NC/C=C/c1ncc(Br)cc1Br. The Bertz CT molecular complexity index is 348. The van der Waals surface area contributed by atoms with E-state index in [1.54, 1.807) is 6.20 Å². The lowest BCUT2D eigenvalue weighted by molar-refractivity contribution is 0.633. The zero-order chi connectivity index (χ0) is 11.3. The van der Waals surface area contributed by atoms with E-state index in [1.807, 2.05) is 12.1 Å². The average Bonchev–Trinajstić information content (AvgIpc) is 2.14. The molecule has 0 bridgehead atoms. The standard InChI is InChI=1S/C11H14Br2N2/c1-8(2)14-5-3-4-11-10(13)6-9(12)7-15-11/h3-4,6-8,14H,5H2,1-2H3/b4-3+. The van der Waals surface area contributed by atoms with E-state index >= 15 is 0 Å². The van der Waals surface area contributed by atoms with Crippen LogP contribution < -0.4 is 5.32 Å². The van der Waals surface area contributed by atoms with Crippen molar-refractivity contribution in [2.75, 3.05) is 6.54 Å². The van der Waals surface area contributed by atoms with Crippen molar-refractivity contribution in [2.45, 2.75) is 19.9 Å². The van der Waals surface area contributed by atoms with Crippen LogP contribution in [0.5, 0.6) is 0 Å². The van der Waals surface area contributed by atoms with Gasteiger partial charge in [-0.2, -0.15) is 0 Å². The fraction of sp³-hybridized carbons (Fsp3) is 0.364. The molecule has 0 atom stereocenters. The summed E-state index contributed by atoms with van der Waals surface area (Å²) in [6.45, 7) is 5.12. The molecule has 1 heterocycles. The number of hydrogen-bond acceptors (Lipinski definition) is 2. The molecular weight excluding hydrogens is 320 g/mol. The number of pyridine rings is 1. The summed E-state index contributed by atoms with van der Waals surface area (Å²) in [4.78, 5) is 4.29. The highest BCUT2D eigenvalue weighted by atomic mass is 79.9. The highest BCUT2D eigenvalue weighted by Gasteiger charge is 1.97. The van der Waals surface area contributed by atoms with Gasteiger partial charge >= 0.3 is 0 Å². The van der Waals surface area contributed by atoms with Gasteiger partial charge in [0.25, 0.3) is 0 Å². The van der Waals surface area contributed by atoms with Gasteiger partial charge in [0.15, 0.2) is 0 Å². The van der Waals surface area contributed by atoms with E-state index in [1.165, 1.54) is 0 Å². The third kappa shape index (κ3) is 4.91. The number of nitrogens with zero attached hydrogens (tertiary/aromatic N) is 1. The highest BCUT2D eigenvalue weighted by Crippen LogP contribution is 2.20. The molecule has 1 N–H and O–H groups in total. The lowest BCUT2D eigenvalue weighted by atomic mass is 10.3. The van der Waals surface area contributed by atoms with Crippen LogP contribution >= 0.6 is 31.9 Å². The minimum Gasteiger partial charge on any atom is -0.311 e. The number of rotatable bonds is 4. The molecule has 0 unspecified atom stereocenters. The summed E-state index contributed by atoms with van der Waals surface area (Å²) >= 11 is 6.83. The summed E-state index contributed by atoms with van der Waals surface area (Å²) in [6.07, 6.45) is 5.87. The lowest BCUT2D eigenvalue weighted by Crippen LogP contribution is -2.22. The van der Waals surface area contributed by atoms with E-state index in [2.05, 4.69) is 62.1 Å². The van der Waals surface area contributed by atoms with Gasteiger partial charge in [0.1, 0.15) is 0 Å². The summed E-state index contributed by atoms with van der Waals surface area (Å²) in [6, 6.07) is 2.50. The monoisotopic (exact) mass is 332 g/mol. The Morgan fingerprint density at radius 2 is 2.20 bits per heavy atom. The predicted molar refractivity (Wildman–Crippen MR) is 71.8 cm³/mol. The molecule has 1 aromatic rings. The normalized spacial score (nSPS) is 11.5. The molecule has 0 saturated heterocycles. The molecule has 0 spiro atoms. The molecular formula is C11H14Br2N2. The van der Waals surface area contributed by atoms with Crippen molar-refractivity contribution in [1.29, 1.82) is 0 Å². The van der Waals surface area contributed by atoms with E-state index in [0.717, 1.165) is 21.2 Å². The van der Waals surface area contributed by atoms with Gasteiger partial charge in [-0.15, -0.1) is 0 Å². The first-order valence-electron chi connectivity index (χ1n) is 4.80. The molecule has 0 radical (unpaired) electrons. The fourth-order valence-corrected chi connectivity index (χ4v) is 2.14. The van der Waals surface area contributed by atoms with Crippen molar-refractivity contribution in [1.82, 2.24) is 10.3 Å². The Labute approximate surface area is 107 Å².